The van der Waals surface area contributed by atoms with E-state index in [0.29, 0.717) is 6.42 Å². The number of unbranched alkanes of at least 4 members (excludes halogenated alkanes) is 46. The minimum Gasteiger partial charge on any atom is -0.394 e. The van der Waals surface area contributed by atoms with Crippen molar-refractivity contribution in [1.82, 2.24) is 5.32 Å². The van der Waals surface area contributed by atoms with Gasteiger partial charge in [0.25, 0.3) is 0 Å². The first kappa shape index (κ1) is 62.9. The summed E-state index contributed by atoms with van der Waals surface area (Å²) >= 11 is 0. The minimum atomic E-state index is -0.860. The van der Waals surface area contributed by atoms with Gasteiger partial charge in [-0.2, -0.15) is 0 Å². The summed E-state index contributed by atoms with van der Waals surface area (Å²) in [5.41, 5.74) is 0. The van der Waals surface area contributed by atoms with Gasteiger partial charge in [-0.15, -0.1) is 0 Å². The van der Waals surface area contributed by atoms with E-state index < -0.39 is 12.1 Å². The molecule has 0 aromatic rings. The molecule has 0 aliphatic rings. The highest BCUT2D eigenvalue weighted by atomic mass is 16.3. The maximum atomic E-state index is 12.5. The van der Waals surface area contributed by atoms with E-state index in [0.717, 1.165) is 32.1 Å². The molecule has 0 aliphatic heterocycles. The molecule has 0 bridgehead atoms. The fourth-order valence-corrected chi connectivity index (χ4v) is 9.43. The topological polar surface area (TPSA) is 69.6 Å². The highest BCUT2D eigenvalue weighted by Crippen LogP contribution is 2.18. The van der Waals surface area contributed by atoms with Crippen LogP contribution in [-0.2, 0) is 4.79 Å². The number of amides is 1. The van der Waals surface area contributed by atoms with Gasteiger partial charge in [0, 0.05) is 6.42 Å². The van der Waals surface area contributed by atoms with Crippen LogP contribution in [-0.4, -0.2) is 34.9 Å². The number of hydrogen-bond donors (Lipinski definition) is 3. The molecule has 0 spiro atoms. The van der Waals surface area contributed by atoms with Crippen LogP contribution in [0.25, 0.3) is 0 Å². The predicted octanol–water partition coefficient (Wildman–Crippen LogP) is 19.5. The molecule has 4 nitrogen and oxygen atoms in total. The fourth-order valence-electron chi connectivity index (χ4n) is 9.43. The minimum absolute atomic E-state index is 0.0668. The second kappa shape index (κ2) is 56.2. The average Bonchev–Trinajstić information content (AvgIpc) is 3.30. The van der Waals surface area contributed by atoms with Crippen LogP contribution >= 0.6 is 0 Å². The van der Waals surface area contributed by atoms with Crippen LogP contribution in [0.4, 0.5) is 0 Å². The van der Waals surface area contributed by atoms with Gasteiger partial charge >= 0.3 is 0 Å². The van der Waals surface area contributed by atoms with Gasteiger partial charge in [-0.25, -0.2) is 0 Å². The van der Waals surface area contributed by atoms with E-state index in [2.05, 4.69) is 31.3 Å². The largest absolute Gasteiger partial charge is 0.394 e. The van der Waals surface area contributed by atoms with Crippen LogP contribution in [0, 0.1) is 0 Å². The van der Waals surface area contributed by atoms with Crippen LogP contribution in [0.15, 0.2) is 24.3 Å². The van der Waals surface area contributed by atoms with E-state index in [-0.39, 0.29) is 12.5 Å². The highest BCUT2D eigenvalue weighted by Gasteiger charge is 2.18. The van der Waals surface area contributed by atoms with Gasteiger partial charge in [-0.1, -0.05) is 321 Å². The first-order valence-corrected chi connectivity index (χ1v) is 29.6. The lowest BCUT2D eigenvalue weighted by Crippen LogP contribution is -2.45. The second-order valence-corrected chi connectivity index (χ2v) is 20.4. The Morgan fingerprint density at radius 2 is 0.609 bits per heavy atom. The molecule has 0 aromatic heterocycles. The van der Waals surface area contributed by atoms with Crippen molar-refractivity contribution < 1.29 is 15.0 Å². The number of allylic oxidation sites excluding steroid dienone is 3. The Labute approximate surface area is 402 Å². The lowest BCUT2D eigenvalue weighted by molar-refractivity contribution is -0.123. The van der Waals surface area contributed by atoms with Crippen molar-refractivity contribution in [1.29, 1.82) is 0 Å². The lowest BCUT2D eigenvalue weighted by atomic mass is 10.0. The summed E-state index contributed by atoms with van der Waals surface area (Å²) in [5.74, 6) is -0.0668. The molecule has 380 valence electrons. The Balaban J connectivity index is 3.47. The summed E-state index contributed by atoms with van der Waals surface area (Å²) in [6.07, 6.45) is 75.1. The maximum Gasteiger partial charge on any atom is 0.220 e. The normalized spacial score (nSPS) is 12.9. The van der Waals surface area contributed by atoms with Crippen molar-refractivity contribution in [2.45, 2.75) is 347 Å². The van der Waals surface area contributed by atoms with Crippen LogP contribution in [0.5, 0.6) is 0 Å². The summed E-state index contributed by atoms with van der Waals surface area (Å²) in [7, 11) is 0. The molecule has 0 aromatic carbocycles. The molecule has 0 rings (SSSR count). The molecule has 3 N–H and O–H groups in total. The van der Waals surface area contributed by atoms with Gasteiger partial charge in [0.15, 0.2) is 0 Å². The number of carbonyl (C=O) groups is 1. The molecule has 0 aliphatic carbocycles. The number of aliphatic hydroxyl groups excluding tert-OH is 2. The summed E-state index contributed by atoms with van der Waals surface area (Å²) in [6.45, 7) is 4.34. The fraction of sp³-hybridized carbons (Fsp3) is 0.917. The van der Waals surface area contributed by atoms with Gasteiger partial charge in [0.1, 0.15) is 0 Å². The molecule has 64 heavy (non-hydrogen) atoms. The number of nitrogens with one attached hydrogen (secondary N) is 1. The van der Waals surface area contributed by atoms with E-state index in [1.165, 1.54) is 283 Å². The van der Waals surface area contributed by atoms with Crippen molar-refractivity contribution >= 4 is 5.91 Å². The first-order valence-electron chi connectivity index (χ1n) is 29.6. The van der Waals surface area contributed by atoms with Crippen LogP contribution in [0.2, 0.25) is 0 Å². The smallest absolute Gasteiger partial charge is 0.220 e. The van der Waals surface area contributed by atoms with E-state index in [1.807, 2.05) is 6.08 Å². The van der Waals surface area contributed by atoms with Gasteiger partial charge in [-0.3, -0.25) is 4.79 Å². The third kappa shape index (κ3) is 51.8. The number of rotatable bonds is 55. The Morgan fingerprint density at radius 1 is 0.359 bits per heavy atom. The quantitative estimate of drug-likeness (QED) is 0.0421. The molecule has 2 unspecified atom stereocenters. The van der Waals surface area contributed by atoms with Gasteiger partial charge in [-0.05, 0) is 32.1 Å². The number of aliphatic hydroxyl groups is 2. The zero-order chi connectivity index (χ0) is 46.3. The Hall–Kier alpha value is -1.13. The lowest BCUT2D eigenvalue weighted by Gasteiger charge is -2.19. The van der Waals surface area contributed by atoms with Gasteiger partial charge in [0.2, 0.25) is 5.91 Å². The molecule has 0 saturated carbocycles. The van der Waals surface area contributed by atoms with E-state index >= 15 is 0 Å². The number of hydrogen-bond acceptors (Lipinski definition) is 3. The van der Waals surface area contributed by atoms with Crippen molar-refractivity contribution in [3.05, 3.63) is 24.3 Å². The highest BCUT2D eigenvalue weighted by molar-refractivity contribution is 5.76. The van der Waals surface area contributed by atoms with Crippen molar-refractivity contribution in [3.63, 3.8) is 0 Å². The standard InChI is InChI=1S/C60H117NO3/c1-3-5-7-9-11-13-15-17-19-21-23-25-26-27-28-29-30-31-32-33-34-35-36-37-39-41-43-45-47-49-51-53-55-59(63)58(57-62)61-60(64)56-54-52-50-48-46-44-42-40-38-24-22-20-18-16-14-12-10-8-6-4-2/h45,47,53,55,58-59,62-63H,3-44,46,48-52,54,56-57H2,1-2H3,(H,61,64)/b47-45+,55-53+. The summed E-state index contributed by atoms with van der Waals surface area (Å²) in [4.78, 5) is 12.5. The molecular weight excluding hydrogens is 783 g/mol. The molecular formula is C60H117NO3. The van der Waals surface area contributed by atoms with Crippen molar-refractivity contribution in [2.24, 2.45) is 0 Å². The van der Waals surface area contributed by atoms with Gasteiger partial charge < -0.3 is 15.5 Å². The van der Waals surface area contributed by atoms with E-state index in [4.69, 9.17) is 0 Å². The third-order valence-electron chi connectivity index (χ3n) is 13.9. The van der Waals surface area contributed by atoms with Crippen LogP contribution < -0.4 is 5.32 Å². The molecule has 0 saturated heterocycles. The molecule has 2 atom stereocenters. The van der Waals surface area contributed by atoms with E-state index in [9.17, 15) is 15.0 Å². The van der Waals surface area contributed by atoms with E-state index in [1.54, 1.807) is 6.08 Å². The van der Waals surface area contributed by atoms with Crippen molar-refractivity contribution in [2.75, 3.05) is 6.61 Å². The maximum absolute atomic E-state index is 12.5. The SMILES string of the molecule is CCCCCCCCCCCCCCCCCCCCCCCCCCCC/C=C/CC/C=C/C(O)C(CO)NC(=O)CCCCCCCCCCCCCCCCCCCCCC. The van der Waals surface area contributed by atoms with Gasteiger partial charge in [0.05, 0.1) is 18.8 Å². The molecule has 0 fully saturated rings. The zero-order valence-electron chi connectivity index (χ0n) is 43.8. The predicted molar refractivity (Wildman–Crippen MR) is 286 cm³/mol. The monoisotopic (exact) mass is 900 g/mol. The molecule has 0 radical (unpaired) electrons. The molecule has 4 heteroatoms. The zero-order valence-corrected chi connectivity index (χ0v) is 43.8. The Morgan fingerprint density at radius 3 is 0.906 bits per heavy atom. The summed E-state index contributed by atoms with van der Waals surface area (Å²) < 4.78 is 0. The summed E-state index contributed by atoms with van der Waals surface area (Å²) in [5, 5.41) is 23.2. The Kier molecular flexibility index (Phi) is 55.2. The first-order chi connectivity index (χ1) is 31.7. The average molecular weight is 901 g/mol. The Bertz CT molecular complexity index is 932. The third-order valence-corrected chi connectivity index (χ3v) is 13.9. The summed E-state index contributed by atoms with van der Waals surface area (Å²) in [6, 6.07) is -0.636. The van der Waals surface area contributed by atoms with Crippen LogP contribution in [0.3, 0.4) is 0 Å². The second-order valence-electron chi connectivity index (χ2n) is 20.4. The molecule has 1 amide bonds. The number of carbonyl (C=O) groups excluding carboxylic acids is 1. The molecule has 0 heterocycles. The van der Waals surface area contributed by atoms with Crippen molar-refractivity contribution in [3.8, 4) is 0 Å². The van der Waals surface area contributed by atoms with Crippen LogP contribution in [0.1, 0.15) is 335 Å².